The lowest BCUT2D eigenvalue weighted by atomic mass is 10.0. The number of sulfone groups is 1. The van der Waals surface area contributed by atoms with Gasteiger partial charge >= 0.3 is 5.97 Å². The number of rotatable bonds is 3. The average molecular weight is 307 g/mol. The van der Waals surface area contributed by atoms with Crippen molar-refractivity contribution in [3.05, 3.63) is 28.2 Å². The van der Waals surface area contributed by atoms with E-state index >= 15 is 0 Å². The lowest BCUT2D eigenvalue weighted by molar-refractivity contribution is -0.138. The molecule has 0 aromatic heterocycles. The predicted molar refractivity (Wildman–Crippen MR) is 63.3 cm³/mol. The van der Waals surface area contributed by atoms with Gasteiger partial charge in [0.2, 0.25) is 0 Å². The van der Waals surface area contributed by atoms with Crippen molar-refractivity contribution in [1.82, 2.24) is 0 Å². The summed E-state index contributed by atoms with van der Waals surface area (Å²) in [4.78, 5) is 11.0. The van der Waals surface area contributed by atoms with Crippen LogP contribution in [0.1, 0.15) is 18.4 Å². The van der Waals surface area contributed by atoms with Gasteiger partial charge in [-0.05, 0) is 24.6 Å². The molecule has 16 heavy (non-hydrogen) atoms. The van der Waals surface area contributed by atoms with Gasteiger partial charge in [0.25, 0.3) is 0 Å². The van der Waals surface area contributed by atoms with E-state index in [9.17, 15) is 13.2 Å². The standard InChI is InChI=1S/C10H11BrO4S/c1-6(10(12)13)9-7(11)4-3-5-8(9)16(2,14)15/h3-6H,1-2H3,(H,12,13). The third-order valence-corrected chi connectivity index (χ3v) is 4.06. The number of benzene rings is 1. The van der Waals surface area contributed by atoms with Gasteiger partial charge in [-0.25, -0.2) is 8.42 Å². The molecule has 4 nitrogen and oxygen atoms in total. The van der Waals surface area contributed by atoms with E-state index in [4.69, 9.17) is 5.11 Å². The molecule has 0 saturated carbocycles. The van der Waals surface area contributed by atoms with Crippen molar-refractivity contribution in [1.29, 1.82) is 0 Å². The van der Waals surface area contributed by atoms with Crippen molar-refractivity contribution in [2.75, 3.05) is 6.26 Å². The Bertz CT molecular complexity index is 522. The molecule has 0 amide bonds. The van der Waals surface area contributed by atoms with Crippen molar-refractivity contribution < 1.29 is 18.3 Å². The molecule has 0 aliphatic carbocycles. The molecular weight excluding hydrogens is 296 g/mol. The number of carboxylic acids is 1. The van der Waals surface area contributed by atoms with Gasteiger partial charge in [0.15, 0.2) is 9.84 Å². The van der Waals surface area contributed by atoms with Gasteiger partial charge < -0.3 is 5.11 Å². The Labute approximate surface area is 102 Å². The van der Waals surface area contributed by atoms with Gasteiger partial charge in [0.1, 0.15) is 0 Å². The molecule has 1 atom stereocenters. The highest BCUT2D eigenvalue weighted by molar-refractivity contribution is 9.10. The van der Waals surface area contributed by atoms with E-state index in [1.807, 2.05) is 0 Å². The van der Waals surface area contributed by atoms with E-state index in [-0.39, 0.29) is 10.5 Å². The molecule has 6 heteroatoms. The molecule has 0 aliphatic heterocycles. The van der Waals surface area contributed by atoms with E-state index < -0.39 is 21.7 Å². The summed E-state index contributed by atoms with van der Waals surface area (Å²) < 4.78 is 23.5. The zero-order valence-corrected chi connectivity index (χ0v) is 11.2. The van der Waals surface area contributed by atoms with Crippen LogP contribution in [-0.4, -0.2) is 25.7 Å². The largest absolute Gasteiger partial charge is 0.481 e. The minimum absolute atomic E-state index is 0.0526. The summed E-state index contributed by atoms with van der Waals surface area (Å²) in [6.45, 7) is 1.46. The minimum atomic E-state index is -3.43. The van der Waals surface area contributed by atoms with Crippen LogP contribution in [0, 0.1) is 0 Å². The van der Waals surface area contributed by atoms with Crippen molar-refractivity contribution >= 4 is 31.7 Å². The fraction of sp³-hybridized carbons (Fsp3) is 0.300. The van der Waals surface area contributed by atoms with Crippen molar-refractivity contribution in [2.24, 2.45) is 0 Å². The second-order valence-corrected chi connectivity index (χ2v) is 6.32. The summed E-state index contributed by atoms with van der Waals surface area (Å²) in [6.07, 6.45) is 1.06. The van der Waals surface area contributed by atoms with Crippen LogP contribution in [0.5, 0.6) is 0 Å². The first-order valence-electron chi connectivity index (χ1n) is 4.46. The molecule has 1 unspecified atom stereocenters. The summed E-state index contributed by atoms with van der Waals surface area (Å²) in [5, 5.41) is 8.93. The second-order valence-electron chi connectivity index (χ2n) is 3.48. The number of carbonyl (C=O) groups is 1. The molecule has 0 bridgehead atoms. The zero-order chi connectivity index (χ0) is 12.5. The molecule has 88 valence electrons. The molecule has 0 spiro atoms. The molecule has 1 rings (SSSR count). The lowest BCUT2D eigenvalue weighted by Gasteiger charge is -2.13. The van der Waals surface area contributed by atoms with Gasteiger partial charge in [0, 0.05) is 10.7 Å². The fourth-order valence-corrected chi connectivity index (χ4v) is 3.24. The zero-order valence-electron chi connectivity index (χ0n) is 8.77. The number of halogens is 1. The van der Waals surface area contributed by atoms with Crippen LogP contribution in [-0.2, 0) is 14.6 Å². The van der Waals surface area contributed by atoms with Crippen LogP contribution in [0.4, 0.5) is 0 Å². The monoisotopic (exact) mass is 306 g/mol. The van der Waals surface area contributed by atoms with E-state index in [1.54, 1.807) is 12.1 Å². The highest BCUT2D eigenvalue weighted by atomic mass is 79.9. The SMILES string of the molecule is CC(C(=O)O)c1c(Br)cccc1S(C)(=O)=O. The van der Waals surface area contributed by atoms with Crippen molar-refractivity contribution in [2.45, 2.75) is 17.7 Å². The van der Waals surface area contributed by atoms with E-state index in [0.717, 1.165) is 6.26 Å². The maximum Gasteiger partial charge on any atom is 0.310 e. The van der Waals surface area contributed by atoms with Crippen LogP contribution in [0.25, 0.3) is 0 Å². The van der Waals surface area contributed by atoms with Crippen LogP contribution in [0.15, 0.2) is 27.6 Å². The third kappa shape index (κ3) is 2.62. The highest BCUT2D eigenvalue weighted by Gasteiger charge is 2.24. The summed E-state index contributed by atoms with van der Waals surface area (Å²) in [5.74, 6) is -1.93. The maximum absolute atomic E-state index is 11.5. The molecule has 1 aromatic carbocycles. The molecule has 0 aliphatic rings. The van der Waals surface area contributed by atoms with Crippen LogP contribution in [0.2, 0.25) is 0 Å². The first-order chi connectivity index (χ1) is 7.25. The Hall–Kier alpha value is -0.880. The molecule has 1 N–H and O–H groups in total. The Morgan fingerprint density at radius 2 is 2.00 bits per heavy atom. The second kappa shape index (κ2) is 4.55. The van der Waals surface area contributed by atoms with Crippen molar-refractivity contribution in [3.8, 4) is 0 Å². The number of carboxylic acid groups (broad SMARTS) is 1. The first kappa shape index (κ1) is 13.2. The van der Waals surface area contributed by atoms with E-state index in [1.165, 1.54) is 13.0 Å². The van der Waals surface area contributed by atoms with E-state index in [2.05, 4.69) is 15.9 Å². The topological polar surface area (TPSA) is 71.4 Å². The van der Waals surface area contributed by atoms with Crippen LogP contribution in [0.3, 0.4) is 0 Å². The average Bonchev–Trinajstić information content (AvgIpc) is 2.14. The third-order valence-electron chi connectivity index (χ3n) is 2.22. The summed E-state index contributed by atoms with van der Waals surface area (Å²) in [6, 6.07) is 4.61. The fourth-order valence-electron chi connectivity index (χ4n) is 1.38. The Morgan fingerprint density at radius 3 is 2.44 bits per heavy atom. The van der Waals surface area contributed by atoms with Gasteiger partial charge in [-0.3, -0.25) is 4.79 Å². The molecule has 0 saturated heterocycles. The predicted octanol–water partition coefficient (Wildman–Crippen LogP) is 2.04. The highest BCUT2D eigenvalue weighted by Crippen LogP contribution is 2.31. The van der Waals surface area contributed by atoms with Gasteiger partial charge in [-0.2, -0.15) is 0 Å². The Morgan fingerprint density at radius 1 is 1.44 bits per heavy atom. The first-order valence-corrected chi connectivity index (χ1v) is 7.15. The van der Waals surface area contributed by atoms with Crippen LogP contribution < -0.4 is 0 Å². The van der Waals surface area contributed by atoms with Gasteiger partial charge in [-0.15, -0.1) is 0 Å². The summed E-state index contributed by atoms with van der Waals surface area (Å²) in [7, 11) is -3.43. The summed E-state index contributed by atoms with van der Waals surface area (Å²) >= 11 is 3.18. The Balaban J connectivity index is 3.53. The smallest absolute Gasteiger partial charge is 0.310 e. The minimum Gasteiger partial charge on any atom is -0.481 e. The quantitative estimate of drug-likeness (QED) is 0.927. The maximum atomic E-state index is 11.5. The van der Waals surface area contributed by atoms with E-state index in [0.29, 0.717) is 4.47 Å². The van der Waals surface area contributed by atoms with Gasteiger partial charge in [-0.1, -0.05) is 22.0 Å². The van der Waals surface area contributed by atoms with Crippen molar-refractivity contribution in [3.63, 3.8) is 0 Å². The number of hydrogen-bond acceptors (Lipinski definition) is 3. The number of aliphatic carboxylic acids is 1. The molecular formula is C10H11BrO4S. The van der Waals surface area contributed by atoms with Gasteiger partial charge in [0.05, 0.1) is 10.8 Å². The molecule has 0 heterocycles. The lowest BCUT2D eigenvalue weighted by Crippen LogP contribution is -2.13. The normalized spacial score (nSPS) is 13.4. The Kier molecular flexibility index (Phi) is 3.75. The van der Waals surface area contributed by atoms with Crippen LogP contribution >= 0.6 is 15.9 Å². The molecule has 0 radical (unpaired) electrons. The molecule has 1 aromatic rings. The molecule has 0 fully saturated rings. The summed E-state index contributed by atoms with van der Waals surface area (Å²) in [5.41, 5.74) is 0.289. The number of hydrogen-bond donors (Lipinski definition) is 1.